The van der Waals surface area contributed by atoms with Crippen LogP contribution in [0.25, 0.3) is 0 Å². The van der Waals surface area contributed by atoms with Gasteiger partial charge in [-0.2, -0.15) is 5.10 Å². The van der Waals surface area contributed by atoms with Gasteiger partial charge in [-0.15, -0.1) is 0 Å². The first kappa shape index (κ1) is 19.2. The van der Waals surface area contributed by atoms with Crippen LogP contribution in [0.1, 0.15) is 47.1 Å². The summed E-state index contributed by atoms with van der Waals surface area (Å²) in [6.07, 6.45) is -0.187. The van der Waals surface area contributed by atoms with E-state index in [1.54, 1.807) is 15.6 Å². The van der Waals surface area contributed by atoms with Crippen LogP contribution in [0.5, 0.6) is 0 Å². The van der Waals surface area contributed by atoms with Crippen LogP contribution in [-0.2, 0) is 17.9 Å². The van der Waals surface area contributed by atoms with Gasteiger partial charge >= 0.3 is 0 Å². The zero-order chi connectivity index (χ0) is 19.4. The number of nitrogens with zero attached hydrogens (tertiary/aromatic N) is 3. The zero-order valence-electron chi connectivity index (χ0n) is 14.8. The Labute approximate surface area is 156 Å². The Bertz CT molecular complexity index is 819. The van der Waals surface area contributed by atoms with Gasteiger partial charge in [0.05, 0.1) is 24.5 Å². The number of aliphatic hydroxyl groups excluding tert-OH is 2. The van der Waals surface area contributed by atoms with Crippen molar-refractivity contribution in [1.82, 2.24) is 14.7 Å². The average molecular weight is 375 g/mol. The maximum absolute atomic E-state index is 12.9. The highest BCUT2D eigenvalue weighted by molar-refractivity contribution is 5.97. The summed E-state index contributed by atoms with van der Waals surface area (Å²) in [6.45, 7) is 1.11. The van der Waals surface area contributed by atoms with E-state index >= 15 is 0 Å². The summed E-state index contributed by atoms with van der Waals surface area (Å²) in [4.78, 5) is 26.4. The number of hydrogen-bond donors (Lipinski definition) is 2. The number of aryl methyl sites for hydroxylation is 1. The quantitative estimate of drug-likeness (QED) is 0.745. The molecular weight excluding hydrogens is 353 g/mol. The molecule has 0 aliphatic carbocycles. The topological polar surface area (TPSA) is 95.7 Å². The Morgan fingerprint density at radius 3 is 2.63 bits per heavy atom. The molecule has 8 heteroatoms. The molecule has 2 heterocycles. The van der Waals surface area contributed by atoms with E-state index in [1.165, 1.54) is 24.3 Å². The highest BCUT2D eigenvalue weighted by atomic mass is 19.1. The van der Waals surface area contributed by atoms with Gasteiger partial charge in [-0.3, -0.25) is 14.3 Å². The Balaban J connectivity index is 1.60. The second-order valence-corrected chi connectivity index (χ2v) is 6.58. The largest absolute Gasteiger partial charge is 0.393 e. The Hall–Kier alpha value is -2.58. The van der Waals surface area contributed by atoms with Gasteiger partial charge in [-0.25, -0.2) is 4.39 Å². The molecule has 0 saturated carbocycles. The van der Waals surface area contributed by atoms with Crippen LogP contribution in [0.2, 0.25) is 0 Å². The summed E-state index contributed by atoms with van der Waals surface area (Å²) in [5.41, 5.74) is 1.56. The third-order valence-corrected chi connectivity index (χ3v) is 4.63. The number of carbonyl (C=O) groups excluding carboxylic acids is 2. The van der Waals surface area contributed by atoms with Crippen molar-refractivity contribution in [2.24, 2.45) is 0 Å². The molecule has 0 bridgehead atoms. The number of halogens is 1. The minimum absolute atomic E-state index is 0.0642. The first-order valence-electron chi connectivity index (χ1n) is 8.90. The lowest BCUT2D eigenvalue weighted by Crippen LogP contribution is -2.31. The molecule has 27 heavy (non-hydrogen) atoms. The van der Waals surface area contributed by atoms with Gasteiger partial charge in [-0.05, 0) is 36.8 Å². The van der Waals surface area contributed by atoms with E-state index < -0.39 is 18.5 Å². The smallest absolute Gasteiger partial charge is 0.223 e. The average Bonchev–Trinajstić information content (AvgIpc) is 2.97. The number of hydrogen-bond acceptors (Lipinski definition) is 5. The summed E-state index contributed by atoms with van der Waals surface area (Å²) < 4.78 is 14.7. The third kappa shape index (κ3) is 4.58. The van der Waals surface area contributed by atoms with Crippen molar-refractivity contribution < 1.29 is 24.2 Å². The molecule has 3 rings (SSSR count). The van der Waals surface area contributed by atoms with Gasteiger partial charge in [0.25, 0.3) is 0 Å². The van der Waals surface area contributed by atoms with E-state index in [0.717, 1.165) is 5.69 Å². The van der Waals surface area contributed by atoms with Gasteiger partial charge in [0.1, 0.15) is 11.9 Å². The fourth-order valence-electron chi connectivity index (χ4n) is 3.11. The maximum Gasteiger partial charge on any atom is 0.223 e. The van der Waals surface area contributed by atoms with Gasteiger partial charge in [0, 0.05) is 31.5 Å². The summed E-state index contributed by atoms with van der Waals surface area (Å²) in [5.74, 6) is -0.740. The summed E-state index contributed by atoms with van der Waals surface area (Å²) in [5, 5.41) is 23.1. The van der Waals surface area contributed by atoms with Crippen LogP contribution < -0.4 is 0 Å². The molecule has 1 aliphatic heterocycles. The number of amides is 1. The van der Waals surface area contributed by atoms with Crippen LogP contribution in [-0.4, -0.2) is 49.7 Å². The fraction of sp³-hybridized carbons (Fsp3) is 0.421. The third-order valence-electron chi connectivity index (χ3n) is 4.63. The predicted molar refractivity (Wildman–Crippen MR) is 94.3 cm³/mol. The molecule has 0 unspecified atom stereocenters. The lowest BCUT2D eigenvalue weighted by Gasteiger charge is -2.19. The predicted octanol–water partition coefficient (Wildman–Crippen LogP) is 1.44. The zero-order valence-corrected chi connectivity index (χ0v) is 14.8. The molecule has 0 radical (unpaired) electrons. The van der Waals surface area contributed by atoms with Gasteiger partial charge in [-0.1, -0.05) is 0 Å². The molecule has 7 nitrogen and oxygen atoms in total. The van der Waals surface area contributed by atoms with Gasteiger partial charge < -0.3 is 15.1 Å². The molecule has 0 saturated heterocycles. The molecular formula is C19H22FN3O4. The lowest BCUT2D eigenvalue weighted by atomic mass is 10.1. The van der Waals surface area contributed by atoms with E-state index in [-0.39, 0.29) is 24.5 Å². The van der Waals surface area contributed by atoms with E-state index in [2.05, 4.69) is 5.10 Å². The molecule has 0 spiro atoms. The maximum atomic E-state index is 12.9. The van der Waals surface area contributed by atoms with Crippen LogP contribution in [0.3, 0.4) is 0 Å². The van der Waals surface area contributed by atoms with Gasteiger partial charge in [0.2, 0.25) is 5.91 Å². The fourth-order valence-corrected chi connectivity index (χ4v) is 3.11. The summed E-state index contributed by atoms with van der Waals surface area (Å²) in [7, 11) is 0. The Morgan fingerprint density at radius 1 is 1.19 bits per heavy atom. The van der Waals surface area contributed by atoms with Crippen LogP contribution in [0.4, 0.5) is 4.39 Å². The van der Waals surface area contributed by atoms with Crippen molar-refractivity contribution in [3.05, 3.63) is 53.1 Å². The molecule has 1 amide bonds. The van der Waals surface area contributed by atoms with Crippen LogP contribution in [0.15, 0.2) is 30.3 Å². The monoisotopic (exact) mass is 375 g/mol. The first-order valence-corrected chi connectivity index (χ1v) is 8.90. The molecule has 0 fully saturated rings. The molecule has 1 aromatic carbocycles. The van der Waals surface area contributed by atoms with E-state index in [9.17, 15) is 19.1 Å². The first-order chi connectivity index (χ1) is 13.0. The van der Waals surface area contributed by atoms with Crippen LogP contribution in [0, 0.1) is 5.82 Å². The van der Waals surface area contributed by atoms with Crippen molar-refractivity contribution >= 4 is 11.7 Å². The number of carbonyl (C=O) groups is 2. The van der Waals surface area contributed by atoms with Crippen LogP contribution >= 0.6 is 0 Å². The second-order valence-electron chi connectivity index (χ2n) is 6.58. The molecule has 2 aromatic rings. The van der Waals surface area contributed by atoms with Crippen molar-refractivity contribution in [2.45, 2.75) is 38.5 Å². The van der Waals surface area contributed by atoms with E-state index in [0.29, 0.717) is 37.3 Å². The molecule has 2 N–H and O–H groups in total. The SMILES string of the molecule is O=C(CCC(=O)N1CCCn2nc([C@@H](O)CO)cc2C1)c1ccc(F)cc1. The number of benzene rings is 1. The number of ketones is 1. The number of aromatic nitrogens is 2. The standard InChI is InChI=1S/C19H22FN3O4/c20-14-4-2-13(3-5-14)17(25)6-7-19(27)22-8-1-9-23-15(11-22)10-16(21-23)18(26)12-24/h2-5,10,18,24,26H,1,6-9,11-12H2/t18-/m0/s1. The lowest BCUT2D eigenvalue weighted by molar-refractivity contribution is -0.131. The Morgan fingerprint density at radius 2 is 1.93 bits per heavy atom. The van der Waals surface area contributed by atoms with Crippen molar-refractivity contribution in [3.8, 4) is 0 Å². The van der Waals surface area contributed by atoms with Crippen molar-refractivity contribution in [1.29, 1.82) is 0 Å². The minimum Gasteiger partial charge on any atom is -0.393 e. The molecule has 144 valence electrons. The number of fused-ring (bicyclic) bond motifs is 1. The van der Waals surface area contributed by atoms with E-state index in [1.807, 2.05) is 0 Å². The molecule has 1 aromatic heterocycles. The number of Topliss-reactive ketones (excluding diaryl/α,β-unsaturated/α-hetero) is 1. The van der Waals surface area contributed by atoms with Crippen molar-refractivity contribution in [3.63, 3.8) is 0 Å². The number of aliphatic hydroxyl groups is 2. The normalized spacial score (nSPS) is 15.1. The molecule has 1 atom stereocenters. The molecule has 1 aliphatic rings. The Kier molecular flexibility index (Phi) is 5.98. The highest BCUT2D eigenvalue weighted by Gasteiger charge is 2.22. The van der Waals surface area contributed by atoms with Gasteiger partial charge in [0.15, 0.2) is 5.78 Å². The second kappa shape index (κ2) is 8.41. The minimum atomic E-state index is -1.04. The van der Waals surface area contributed by atoms with E-state index in [4.69, 9.17) is 5.11 Å². The highest BCUT2D eigenvalue weighted by Crippen LogP contribution is 2.19. The number of rotatable bonds is 6. The summed E-state index contributed by atoms with van der Waals surface area (Å²) in [6, 6.07) is 6.98. The summed E-state index contributed by atoms with van der Waals surface area (Å²) >= 11 is 0. The van der Waals surface area contributed by atoms with Crippen molar-refractivity contribution in [2.75, 3.05) is 13.2 Å².